The number of nitrogens with zero attached hydrogens (tertiary/aromatic N) is 3. The third-order valence-electron chi connectivity index (χ3n) is 4.71. The van der Waals surface area contributed by atoms with Crippen LogP contribution in [0, 0.1) is 6.92 Å². The normalized spacial score (nSPS) is 18.2. The Morgan fingerprint density at radius 1 is 1.48 bits per heavy atom. The number of nitrogens with one attached hydrogen (secondary N) is 1. The quantitative estimate of drug-likeness (QED) is 0.785. The van der Waals surface area contributed by atoms with Gasteiger partial charge in [-0.25, -0.2) is 4.79 Å². The van der Waals surface area contributed by atoms with Crippen LogP contribution in [0.4, 0.5) is 4.79 Å². The Morgan fingerprint density at radius 3 is 3.00 bits per heavy atom. The van der Waals surface area contributed by atoms with E-state index >= 15 is 0 Å². The molecule has 1 saturated heterocycles. The number of methoxy groups -OCH3 is 1. The maximum atomic E-state index is 12.6. The number of carbonyl (C=O) groups excluding carboxylic acids is 1. The molecule has 1 aromatic rings. The van der Waals surface area contributed by atoms with Gasteiger partial charge in [0.15, 0.2) is 0 Å². The van der Waals surface area contributed by atoms with Crippen molar-refractivity contribution in [1.29, 1.82) is 0 Å². The minimum absolute atomic E-state index is 0.0516. The van der Waals surface area contributed by atoms with Gasteiger partial charge in [-0.15, -0.1) is 0 Å². The van der Waals surface area contributed by atoms with Gasteiger partial charge >= 0.3 is 6.03 Å². The number of carbonyl (C=O) groups is 1. The topological polar surface area (TPSA) is 59.4 Å². The summed E-state index contributed by atoms with van der Waals surface area (Å²) in [6, 6.07) is 0.397. The molecule has 1 aliphatic heterocycles. The van der Waals surface area contributed by atoms with E-state index in [-0.39, 0.29) is 6.03 Å². The van der Waals surface area contributed by atoms with Crippen molar-refractivity contribution >= 4 is 6.03 Å². The molecule has 1 aliphatic rings. The van der Waals surface area contributed by atoms with Gasteiger partial charge in [-0.3, -0.25) is 4.68 Å². The fraction of sp³-hybridized carbons (Fsp3) is 0.765. The van der Waals surface area contributed by atoms with E-state index < -0.39 is 0 Å². The van der Waals surface area contributed by atoms with Gasteiger partial charge in [-0.1, -0.05) is 0 Å². The van der Waals surface area contributed by atoms with Crippen LogP contribution in [0.3, 0.4) is 0 Å². The summed E-state index contributed by atoms with van der Waals surface area (Å²) in [6.45, 7) is 7.14. The van der Waals surface area contributed by atoms with E-state index in [1.54, 1.807) is 7.11 Å². The van der Waals surface area contributed by atoms with E-state index in [0.29, 0.717) is 12.6 Å². The standard InChI is InChI=1S/C17H30N4O2/c1-4-21-14(2)15(13-19-21)12-18-17(22)20-10-6-5-8-16(20)9-7-11-23-3/h13,16H,4-12H2,1-3H3,(H,18,22)/t16-/m1/s1. The second-order valence-corrected chi connectivity index (χ2v) is 6.21. The molecule has 0 aromatic carbocycles. The first-order valence-corrected chi connectivity index (χ1v) is 8.72. The van der Waals surface area contributed by atoms with Crippen LogP contribution in [0.2, 0.25) is 0 Å². The summed E-state index contributed by atoms with van der Waals surface area (Å²) in [4.78, 5) is 14.6. The maximum absolute atomic E-state index is 12.6. The predicted octanol–water partition coefficient (Wildman–Crippen LogP) is 2.70. The van der Waals surface area contributed by atoms with Crippen molar-refractivity contribution in [1.82, 2.24) is 20.0 Å². The molecule has 0 spiro atoms. The second-order valence-electron chi connectivity index (χ2n) is 6.21. The summed E-state index contributed by atoms with van der Waals surface area (Å²) in [6.07, 6.45) is 7.29. The fourth-order valence-corrected chi connectivity index (χ4v) is 3.28. The molecule has 0 unspecified atom stereocenters. The molecule has 2 amide bonds. The lowest BCUT2D eigenvalue weighted by Crippen LogP contribution is -2.48. The summed E-state index contributed by atoms with van der Waals surface area (Å²) in [5, 5.41) is 7.40. The number of hydrogen-bond acceptors (Lipinski definition) is 3. The number of piperidine rings is 1. The summed E-state index contributed by atoms with van der Waals surface area (Å²) in [5.41, 5.74) is 2.22. The molecular weight excluding hydrogens is 292 g/mol. The first-order valence-electron chi connectivity index (χ1n) is 8.72. The Kier molecular flexibility index (Phi) is 6.89. The SMILES string of the molecule is CCn1ncc(CNC(=O)N2CCCC[C@@H]2CCCOC)c1C. The average molecular weight is 322 g/mol. The van der Waals surface area contributed by atoms with Crippen molar-refractivity contribution in [2.75, 3.05) is 20.3 Å². The summed E-state index contributed by atoms with van der Waals surface area (Å²) >= 11 is 0. The van der Waals surface area contributed by atoms with Crippen LogP contribution in [0.1, 0.15) is 50.3 Å². The van der Waals surface area contributed by atoms with Gasteiger partial charge in [0.2, 0.25) is 0 Å². The molecule has 0 aliphatic carbocycles. The zero-order valence-electron chi connectivity index (χ0n) is 14.7. The van der Waals surface area contributed by atoms with Gasteiger partial charge in [0.1, 0.15) is 0 Å². The van der Waals surface area contributed by atoms with Gasteiger partial charge in [0.05, 0.1) is 6.20 Å². The minimum Gasteiger partial charge on any atom is -0.385 e. The van der Waals surface area contributed by atoms with Gasteiger partial charge in [0, 0.05) is 50.7 Å². The maximum Gasteiger partial charge on any atom is 0.317 e. The van der Waals surface area contributed by atoms with E-state index in [4.69, 9.17) is 4.74 Å². The molecule has 2 rings (SSSR count). The molecule has 6 heteroatoms. The number of aromatic nitrogens is 2. The predicted molar refractivity (Wildman–Crippen MR) is 90.3 cm³/mol. The summed E-state index contributed by atoms with van der Waals surface area (Å²) < 4.78 is 7.09. The lowest BCUT2D eigenvalue weighted by atomic mass is 9.98. The summed E-state index contributed by atoms with van der Waals surface area (Å²) in [7, 11) is 1.73. The van der Waals surface area contributed by atoms with E-state index in [9.17, 15) is 4.79 Å². The van der Waals surface area contributed by atoms with Crippen molar-refractivity contribution in [2.24, 2.45) is 0 Å². The van der Waals surface area contributed by atoms with Crippen LogP contribution >= 0.6 is 0 Å². The van der Waals surface area contributed by atoms with Crippen molar-refractivity contribution in [3.63, 3.8) is 0 Å². The highest BCUT2D eigenvalue weighted by Gasteiger charge is 2.26. The Morgan fingerprint density at radius 2 is 2.30 bits per heavy atom. The van der Waals surface area contributed by atoms with E-state index in [0.717, 1.165) is 56.6 Å². The molecule has 0 radical (unpaired) electrons. The number of ether oxygens (including phenoxy) is 1. The lowest BCUT2D eigenvalue weighted by molar-refractivity contribution is 0.133. The Labute approximate surface area is 139 Å². The molecule has 130 valence electrons. The van der Waals surface area contributed by atoms with Crippen LogP contribution in [-0.2, 0) is 17.8 Å². The molecule has 6 nitrogen and oxygen atoms in total. The molecule has 0 bridgehead atoms. The average Bonchev–Trinajstić information content (AvgIpc) is 2.93. The molecule has 0 saturated carbocycles. The minimum atomic E-state index is 0.0516. The van der Waals surface area contributed by atoms with Gasteiger partial charge in [0.25, 0.3) is 0 Å². The number of likely N-dealkylation sites (tertiary alicyclic amines) is 1. The Bertz CT molecular complexity index is 501. The number of rotatable bonds is 7. The zero-order valence-corrected chi connectivity index (χ0v) is 14.7. The first-order chi connectivity index (χ1) is 11.2. The number of aryl methyl sites for hydroxylation is 1. The first kappa shape index (κ1) is 17.8. The Hall–Kier alpha value is -1.56. The monoisotopic (exact) mass is 322 g/mol. The number of urea groups is 1. The zero-order chi connectivity index (χ0) is 16.7. The number of hydrogen-bond donors (Lipinski definition) is 1. The highest BCUT2D eigenvalue weighted by atomic mass is 16.5. The third-order valence-corrected chi connectivity index (χ3v) is 4.71. The van der Waals surface area contributed by atoms with Gasteiger partial charge in [-0.2, -0.15) is 5.10 Å². The molecule has 1 fully saturated rings. The molecule has 1 atom stereocenters. The fourth-order valence-electron chi connectivity index (χ4n) is 3.28. The van der Waals surface area contributed by atoms with E-state index in [2.05, 4.69) is 17.3 Å². The van der Waals surface area contributed by atoms with E-state index in [1.807, 2.05) is 22.7 Å². The van der Waals surface area contributed by atoms with Gasteiger partial charge in [-0.05, 0) is 46.0 Å². The molecular formula is C17H30N4O2. The Balaban J connectivity index is 1.88. The molecule has 1 N–H and O–H groups in total. The summed E-state index contributed by atoms with van der Waals surface area (Å²) in [5.74, 6) is 0. The molecule has 2 heterocycles. The smallest absolute Gasteiger partial charge is 0.317 e. The third kappa shape index (κ3) is 4.70. The molecule has 1 aromatic heterocycles. The van der Waals surface area contributed by atoms with Crippen LogP contribution in [0.15, 0.2) is 6.20 Å². The van der Waals surface area contributed by atoms with Crippen LogP contribution in [0.25, 0.3) is 0 Å². The van der Waals surface area contributed by atoms with Crippen LogP contribution < -0.4 is 5.32 Å². The van der Waals surface area contributed by atoms with Crippen LogP contribution in [-0.4, -0.2) is 47.0 Å². The molecule has 23 heavy (non-hydrogen) atoms. The second kappa shape index (κ2) is 8.91. The van der Waals surface area contributed by atoms with Crippen LogP contribution in [0.5, 0.6) is 0 Å². The van der Waals surface area contributed by atoms with E-state index in [1.165, 1.54) is 6.42 Å². The number of amides is 2. The van der Waals surface area contributed by atoms with Crippen molar-refractivity contribution < 1.29 is 9.53 Å². The highest BCUT2D eigenvalue weighted by molar-refractivity contribution is 5.74. The lowest BCUT2D eigenvalue weighted by Gasteiger charge is -2.35. The van der Waals surface area contributed by atoms with Crippen molar-refractivity contribution in [3.8, 4) is 0 Å². The van der Waals surface area contributed by atoms with Crippen molar-refractivity contribution in [2.45, 2.75) is 65.1 Å². The highest BCUT2D eigenvalue weighted by Crippen LogP contribution is 2.21. The largest absolute Gasteiger partial charge is 0.385 e. The van der Waals surface area contributed by atoms with Crippen molar-refractivity contribution in [3.05, 3.63) is 17.5 Å². The van der Waals surface area contributed by atoms with Gasteiger partial charge < -0.3 is 15.0 Å².